The first-order chi connectivity index (χ1) is 10.0. The zero-order chi connectivity index (χ0) is 15.4. The summed E-state index contributed by atoms with van der Waals surface area (Å²) in [5.41, 5.74) is 6.55. The number of nitrogens with zero attached hydrogens (tertiary/aromatic N) is 3. The van der Waals surface area contributed by atoms with Crippen LogP contribution < -0.4 is 16.2 Å². The highest BCUT2D eigenvalue weighted by atomic mass is 79.9. The van der Waals surface area contributed by atoms with Crippen molar-refractivity contribution < 1.29 is 0 Å². The van der Waals surface area contributed by atoms with Crippen LogP contribution >= 0.6 is 15.9 Å². The van der Waals surface area contributed by atoms with Gasteiger partial charge in [0, 0.05) is 19.6 Å². The summed E-state index contributed by atoms with van der Waals surface area (Å²) in [4.78, 5) is 14.6. The summed E-state index contributed by atoms with van der Waals surface area (Å²) in [6.07, 6.45) is 5.24. The molecule has 1 saturated heterocycles. The molecule has 0 saturated carbocycles. The molecule has 5 nitrogen and oxygen atoms in total. The topological polar surface area (TPSA) is 64.2 Å². The number of anilines is 1. The van der Waals surface area contributed by atoms with Crippen LogP contribution in [0.5, 0.6) is 0 Å². The SMILES string of the molecule is CC(C)Cn1ncc(N2CCCC(CCN)C2)c(Br)c1=O. The summed E-state index contributed by atoms with van der Waals surface area (Å²) < 4.78 is 2.17. The van der Waals surface area contributed by atoms with E-state index in [1.165, 1.54) is 6.42 Å². The summed E-state index contributed by atoms with van der Waals surface area (Å²) in [5, 5.41) is 4.33. The number of halogens is 1. The Morgan fingerprint density at radius 2 is 2.29 bits per heavy atom. The summed E-state index contributed by atoms with van der Waals surface area (Å²) in [5.74, 6) is 1.02. The Labute approximate surface area is 134 Å². The van der Waals surface area contributed by atoms with Crippen LogP contribution in [0.3, 0.4) is 0 Å². The minimum Gasteiger partial charge on any atom is -0.369 e. The Balaban J connectivity index is 2.20. The van der Waals surface area contributed by atoms with Crippen molar-refractivity contribution in [1.82, 2.24) is 9.78 Å². The molecular weight excluding hydrogens is 332 g/mol. The molecule has 0 aliphatic carbocycles. The lowest BCUT2D eigenvalue weighted by Gasteiger charge is -2.34. The van der Waals surface area contributed by atoms with E-state index in [-0.39, 0.29) is 5.56 Å². The highest BCUT2D eigenvalue weighted by Crippen LogP contribution is 2.28. The monoisotopic (exact) mass is 356 g/mol. The van der Waals surface area contributed by atoms with Gasteiger partial charge in [0.1, 0.15) is 4.47 Å². The lowest BCUT2D eigenvalue weighted by atomic mass is 9.94. The van der Waals surface area contributed by atoms with Crippen LogP contribution in [0.25, 0.3) is 0 Å². The van der Waals surface area contributed by atoms with Crippen molar-refractivity contribution in [2.45, 2.75) is 39.7 Å². The van der Waals surface area contributed by atoms with Crippen LogP contribution in [0.1, 0.15) is 33.1 Å². The van der Waals surface area contributed by atoms with Gasteiger partial charge in [-0.3, -0.25) is 4.79 Å². The molecule has 1 aromatic rings. The van der Waals surface area contributed by atoms with Crippen molar-refractivity contribution in [3.63, 3.8) is 0 Å². The van der Waals surface area contributed by atoms with Crippen LogP contribution in [0.2, 0.25) is 0 Å². The van der Waals surface area contributed by atoms with Crippen molar-refractivity contribution in [2.75, 3.05) is 24.5 Å². The third-order valence-electron chi connectivity index (χ3n) is 3.94. The summed E-state index contributed by atoms with van der Waals surface area (Å²) in [7, 11) is 0. The van der Waals surface area contributed by atoms with Crippen molar-refractivity contribution in [3.8, 4) is 0 Å². The fourth-order valence-electron chi connectivity index (χ4n) is 2.91. The van der Waals surface area contributed by atoms with E-state index in [0.717, 1.165) is 38.2 Å². The lowest BCUT2D eigenvalue weighted by Crippen LogP contribution is -2.38. The molecule has 1 unspecified atom stereocenters. The molecule has 0 bridgehead atoms. The molecule has 0 radical (unpaired) electrons. The molecule has 0 aromatic carbocycles. The first-order valence-electron chi connectivity index (χ1n) is 7.73. The molecular formula is C15H25BrN4O. The van der Waals surface area contributed by atoms with Crippen molar-refractivity contribution in [1.29, 1.82) is 0 Å². The molecule has 21 heavy (non-hydrogen) atoms. The summed E-state index contributed by atoms with van der Waals surface area (Å²) >= 11 is 3.48. The second-order valence-corrected chi connectivity index (χ2v) is 7.05. The predicted molar refractivity (Wildman–Crippen MR) is 89.6 cm³/mol. The molecule has 0 amide bonds. The maximum atomic E-state index is 12.4. The smallest absolute Gasteiger partial charge is 0.283 e. The van der Waals surface area contributed by atoms with Gasteiger partial charge >= 0.3 is 0 Å². The average Bonchev–Trinajstić information content (AvgIpc) is 2.44. The van der Waals surface area contributed by atoms with Crippen LogP contribution in [0.15, 0.2) is 15.5 Å². The van der Waals surface area contributed by atoms with Gasteiger partial charge in [-0.1, -0.05) is 13.8 Å². The van der Waals surface area contributed by atoms with Crippen LogP contribution in [0, 0.1) is 11.8 Å². The maximum Gasteiger partial charge on any atom is 0.283 e. The standard InChI is InChI=1S/C15H25BrN4O/c1-11(2)9-20-15(21)14(16)13(8-18-20)19-7-3-4-12(10-19)5-6-17/h8,11-12H,3-7,9-10,17H2,1-2H3. The van der Waals surface area contributed by atoms with E-state index in [1.54, 1.807) is 4.68 Å². The Bertz CT molecular complexity index is 527. The first kappa shape index (κ1) is 16.5. The first-order valence-corrected chi connectivity index (χ1v) is 8.52. The third kappa shape index (κ3) is 4.07. The Morgan fingerprint density at radius 1 is 1.52 bits per heavy atom. The molecule has 2 heterocycles. The minimum absolute atomic E-state index is 0.0397. The highest BCUT2D eigenvalue weighted by molar-refractivity contribution is 9.10. The number of rotatable bonds is 5. The van der Waals surface area contributed by atoms with Gasteiger partial charge in [0.05, 0.1) is 11.9 Å². The second kappa shape index (κ2) is 7.40. The fraction of sp³-hybridized carbons (Fsp3) is 0.733. The number of aromatic nitrogens is 2. The van der Waals surface area contributed by atoms with Crippen molar-refractivity contribution in [2.24, 2.45) is 17.6 Å². The Hall–Kier alpha value is -0.880. The van der Waals surface area contributed by atoms with Crippen LogP contribution in [0.4, 0.5) is 5.69 Å². The quantitative estimate of drug-likeness (QED) is 0.878. The molecule has 1 atom stereocenters. The molecule has 118 valence electrons. The molecule has 1 fully saturated rings. The molecule has 0 spiro atoms. The van der Waals surface area contributed by atoms with Crippen LogP contribution in [-0.2, 0) is 6.54 Å². The van der Waals surface area contributed by atoms with E-state index < -0.39 is 0 Å². The van der Waals surface area contributed by atoms with E-state index in [4.69, 9.17) is 5.73 Å². The Morgan fingerprint density at radius 3 is 2.95 bits per heavy atom. The van der Waals surface area contributed by atoms with Gasteiger partial charge < -0.3 is 10.6 Å². The van der Waals surface area contributed by atoms with Gasteiger partial charge in [0.2, 0.25) is 0 Å². The Kier molecular flexibility index (Phi) is 5.81. The zero-order valence-corrected chi connectivity index (χ0v) is 14.5. The molecule has 6 heteroatoms. The number of hydrogen-bond donors (Lipinski definition) is 1. The molecule has 1 aliphatic rings. The van der Waals surface area contributed by atoms with Gasteiger partial charge in [0.15, 0.2) is 0 Å². The van der Waals surface area contributed by atoms with Crippen LogP contribution in [-0.4, -0.2) is 29.4 Å². The van der Waals surface area contributed by atoms with E-state index in [0.29, 0.717) is 22.9 Å². The van der Waals surface area contributed by atoms with Gasteiger partial charge in [-0.15, -0.1) is 0 Å². The normalized spacial score (nSPS) is 19.3. The summed E-state index contributed by atoms with van der Waals surface area (Å²) in [6, 6.07) is 0. The lowest BCUT2D eigenvalue weighted by molar-refractivity contribution is 0.394. The molecule has 1 aliphatic heterocycles. The predicted octanol–water partition coefficient (Wildman–Crippen LogP) is 2.23. The maximum absolute atomic E-state index is 12.4. The van der Waals surface area contributed by atoms with E-state index >= 15 is 0 Å². The van der Waals surface area contributed by atoms with E-state index in [2.05, 4.69) is 39.8 Å². The van der Waals surface area contributed by atoms with Gasteiger partial charge in [0.25, 0.3) is 5.56 Å². The van der Waals surface area contributed by atoms with Gasteiger partial charge in [-0.25, -0.2) is 4.68 Å². The summed E-state index contributed by atoms with van der Waals surface area (Å²) in [6.45, 7) is 7.48. The van der Waals surface area contributed by atoms with Gasteiger partial charge in [-0.2, -0.15) is 5.10 Å². The highest BCUT2D eigenvalue weighted by Gasteiger charge is 2.22. The van der Waals surface area contributed by atoms with E-state index in [9.17, 15) is 4.79 Å². The van der Waals surface area contributed by atoms with Crippen molar-refractivity contribution >= 4 is 21.6 Å². The average molecular weight is 357 g/mol. The largest absolute Gasteiger partial charge is 0.369 e. The van der Waals surface area contributed by atoms with Crippen molar-refractivity contribution in [3.05, 3.63) is 21.0 Å². The molecule has 1 aromatic heterocycles. The number of piperidine rings is 1. The third-order valence-corrected chi connectivity index (χ3v) is 4.68. The van der Waals surface area contributed by atoms with Gasteiger partial charge in [-0.05, 0) is 53.6 Å². The second-order valence-electron chi connectivity index (χ2n) is 6.26. The fourth-order valence-corrected chi connectivity index (χ4v) is 3.47. The minimum atomic E-state index is -0.0397. The van der Waals surface area contributed by atoms with E-state index in [1.807, 2.05) is 6.20 Å². The molecule has 2 rings (SSSR count). The number of nitrogens with two attached hydrogens (primary N) is 1. The zero-order valence-electron chi connectivity index (χ0n) is 12.9. The molecule has 2 N–H and O–H groups in total. The number of hydrogen-bond acceptors (Lipinski definition) is 4.